The third-order valence-corrected chi connectivity index (χ3v) is 3.06. The molecule has 17 heavy (non-hydrogen) atoms. The van der Waals surface area contributed by atoms with Gasteiger partial charge in [-0.2, -0.15) is 0 Å². The Morgan fingerprint density at radius 1 is 1.29 bits per heavy atom. The second-order valence-electron chi connectivity index (χ2n) is 4.60. The van der Waals surface area contributed by atoms with Gasteiger partial charge in [-0.1, -0.05) is 19.3 Å². The molecule has 1 fully saturated rings. The topological polar surface area (TPSA) is 52.1 Å². The van der Waals surface area contributed by atoms with Crippen molar-refractivity contribution in [2.45, 2.75) is 44.9 Å². The Hall–Kier alpha value is -1.45. The van der Waals surface area contributed by atoms with Gasteiger partial charge in [0.1, 0.15) is 12.4 Å². The Morgan fingerprint density at radius 2 is 1.94 bits per heavy atom. The monoisotopic (exact) mass is 234 g/mol. The molecule has 1 aliphatic rings. The van der Waals surface area contributed by atoms with Crippen LogP contribution in [0.4, 0.5) is 0 Å². The number of ether oxygens (including phenoxy) is 1. The molecule has 0 amide bonds. The van der Waals surface area contributed by atoms with E-state index in [1.165, 1.54) is 39.0 Å². The van der Waals surface area contributed by atoms with Crippen LogP contribution in [0.15, 0.2) is 12.4 Å². The molecular weight excluding hydrogens is 216 g/mol. The summed E-state index contributed by atoms with van der Waals surface area (Å²) in [6, 6.07) is 0. The summed E-state index contributed by atoms with van der Waals surface area (Å²) >= 11 is 0. The van der Waals surface area contributed by atoms with Crippen molar-refractivity contribution in [3.05, 3.63) is 18.2 Å². The molecule has 1 heterocycles. The molecule has 0 spiro atoms. The highest BCUT2D eigenvalue weighted by Crippen LogP contribution is 2.30. The van der Waals surface area contributed by atoms with E-state index in [0.29, 0.717) is 11.7 Å². The van der Waals surface area contributed by atoms with Crippen molar-refractivity contribution in [3.8, 4) is 5.75 Å². The number of aromatic nitrogens is 2. The Balaban J connectivity index is 1.94. The zero-order valence-corrected chi connectivity index (χ0v) is 10.2. The molecule has 0 N–H and O–H groups in total. The van der Waals surface area contributed by atoms with E-state index < -0.39 is 0 Å². The molecule has 0 unspecified atom stereocenters. The molecule has 0 atom stereocenters. The van der Waals surface area contributed by atoms with E-state index in [1.54, 1.807) is 12.4 Å². The van der Waals surface area contributed by atoms with Gasteiger partial charge in [0.05, 0.1) is 12.4 Å². The van der Waals surface area contributed by atoms with Gasteiger partial charge >= 0.3 is 0 Å². The summed E-state index contributed by atoms with van der Waals surface area (Å²) < 4.78 is 5.24. The third kappa shape index (κ3) is 3.51. The summed E-state index contributed by atoms with van der Waals surface area (Å²) in [5.74, 6) is 1.99. The zero-order chi connectivity index (χ0) is 12.1. The Kier molecular flexibility index (Phi) is 4.07. The molecule has 4 nitrogen and oxygen atoms in total. The maximum absolute atomic E-state index is 10.8. The number of nitrogens with zero attached hydrogens (tertiary/aromatic N) is 2. The summed E-state index contributed by atoms with van der Waals surface area (Å²) in [4.78, 5) is 19.4. The first-order chi connectivity index (χ1) is 8.25. The first kappa shape index (κ1) is 12.0. The highest BCUT2D eigenvalue weighted by molar-refractivity contribution is 5.77. The fourth-order valence-corrected chi connectivity index (χ4v) is 2.16. The molecule has 0 aliphatic heterocycles. The van der Waals surface area contributed by atoms with Gasteiger partial charge in [-0.25, -0.2) is 9.97 Å². The lowest BCUT2D eigenvalue weighted by Gasteiger charge is -2.19. The van der Waals surface area contributed by atoms with E-state index in [1.807, 2.05) is 0 Å². The zero-order valence-electron chi connectivity index (χ0n) is 10.2. The van der Waals surface area contributed by atoms with E-state index in [2.05, 4.69) is 9.97 Å². The van der Waals surface area contributed by atoms with Crippen molar-refractivity contribution in [3.63, 3.8) is 0 Å². The first-order valence-electron chi connectivity index (χ1n) is 6.20. The van der Waals surface area contributed by atoms with E-state index in [0.717, 1.165) is 5.82 Å². The van der Waals surface area contributed by atoms with Crippen LogP contribution in [0, 0.1) is 0 Å². The van der Waals surface area contributed by atoms with Gasteiger partial charge < -0.3 is 4.74 Å². The summed E-state index contributed by atoms with van der Waals surface area (Å²) in [6.45, 7) is 1.59. The highest BCUT2D eigenvalue weighted by atomic mass is 16.5. The van der Waals surface area contributed by atoms with Crippen molar-refractivity contribution in [2.75, 3.05) is 6.61 Å². The molecule has 92 valence electrons. The predicted octanol–water partition coefficient (Wildman–Crippen LogP) is 2.49. The number of carbonyl (C=O) groups excluding carboxylic acids is 1. The molecule has 4 heteroatoms. The van der Waals surface area contributed by atoms with Gasteiger partial charge in [0, 0.05) is 5.92 Å². The van der Waals surface area contributed by atoms with Gasteiger partial charge in [0.25, 0.3) is 0 Å². The van der Waals surface area contributed by atoms with Crippen molar-refractivity contribution < 1.29 is 9.53 Å². The minimum Gasteiger partial charge on any atom is -0.483 e. The normalized spacial score (nSPS) is 16.8. The molecule has 0 aromatic carbocycles. The molecule has 0 bridgehead atoms. The number of rotatable bonds is 4. The fraction of sp³-hybridized carbons (Fsp3) is 0.615. The van der Waals surface area contributed by atoms with Gasteiger partial charge in [-0.3, -0.25) is 4.79 Å². The number of hydrogen-bond donors (Lipinski definition) is 0. The molecule has 1 aromatic heterocycles. The van der Waals surface area contributed by atoms with Crippen LogP contribution in [0.25, 0.3) is 0 Å². The van der Waals surface area contributed by atoms with Crippen molar-refractivity contribution >= 4 is 5.78 Å². The number of Topliss-reactive ketones (excluding diaryl/α,β-unsaturated/α-hetero) is 1. The summed E-state index contributed by atoms with van der Waals surface area (Å²) in [7, 11) is 0. The van der Waals surface area contributed by atoms with E-state index in [-0.39, 0.29) is 12.4 Å². The van der Waals surface area contributed by atoms with Crippen LogP contribution in [0.1, 0.15) is 50.8 Å². The van der Waals surface area contributed by atoms with Crippen LogP contribution in [0.2, 0.25) is 0 Å². The molecule has 1 aliphatic carbocycles. The number of carbonyl (C=O) groups is 1. The minimum atomic E-state index is 0.00126. The van der Waals surface area contributed by atoms with Gasteiger partial charge in [0.2, 0.25) is 0 Å². The molecule has 2 rings (SSSR count). The number of ketones is 1. The summed E-state index contributed by atoms with van der Waals surface area (Å²) in [5.41, 5.74) is 0. The highest BCUT2D eigenvalue weighted by Gasteiger charge is 2.17. The Labute approximate surface area is 101 Å². The van der Waals surface area contributed by atoms with Crippen LogP contribution in [0.5, 0.6) is 5.75 Å². The molecular formula is C13H18N2O2. The lowest BCUT2D eigenvalue weighted by molar-refractivity contribution is -0.118. The average molecular weight is 234 g/mol. The maximum atomic E-state index is 10.8. The summed E-state index contributed by atoms with van der Waals surface area (Å²) in [5, 5.41) is 0. The van der Waals surface area contributed by atoms with Crippen LogP contribution < -0.4 is 4.74 Å². The SMILES string of the molecule is CC(=O)COc1cnc(C2CCCCC2)nc1. The second kappa shape index (κ2) is 5.75. The quantitative estimate of drug-likeness (QED) is 0.803. The predicted molar refractivity (Wildman–Crippen MR) is 64.0 cm³/mol. The molecule has 0 saturated heterocycles. The lowest BCUT2D eigenvalue weighted by atomic mass is 9.89. The first-order valence-corrected chi connectivity index (χ1v) is 6.20. The molecule has 1 aromatic rings. The van der Waals surface area contributed by atoms with Crippen LogP contribution in [-0.2, 0) is 4.79 Å². The van der Waals surface area contributed by atoms with E-state index in [4.69, 9.17) is 4.74 Å². The van der Waals surface area contributed by atoms with Gasteiger partial charge in [0.15, 0.2) is 11.5 Å². The maximum Gasteiger partial charge on any atom is 0.167 e. The Bertz CT molecular complexity index is 370. The third-order valence-electron chi connectivity index (χ3n) is 3.06. The lowest BCUT2D eigenvalue weighted by Crippen LogP contribution is -2.10. The average Bonchev–Trinajstić information content (AvgIpc) is 2.38. The second-order valence-corrected chi connectivity index (χ2v) is 4.60. The van der Waals surface area contributed by atoms with Crippen LogP contribution in [-0.4, -0.2) is 22.4 Å². The smallest absolute Gasteiger partial charge is 0.167 e. The standard InChI is InChI=1S/C13H18N2O2/c1-10(16)9-17-12-7-14-13(15-8-12)11-5-3-2-4-6-11/h7-8,11H,2-6,9H2,1H3. The fourth-order valence-electron chi connectivity index (χ4n) is 2.16. The van der Waals surface area contributed by atoms with Crippen molar-refractivity contribution in [2.24, 2.45) is 0 Å². The van der Waals surface area contributed by atoms with Crippen LogP contribution in [0.3, 0.4) is 0 Å². The van der Waals surface area contributed by atoms with Crippen molar-refractivity contribution in [1.82, 2.24) is 9.97 Å². The van der Waals surface area contributed by atoms with Crippen LogP contribution >= 0.6 is 0 Å². The van der Waals surface area contributed by atoms with Gasteiger partial charge in [-0.15, -0.1) is 0 Å². The van der Waals surface area contributed by atoms with Gasteiger partial charge in [-0.05, 0) is 19.8 Å². The molecule has 1 saturated carbocycles. The minimum absolute atomic E-state index is 0.00126. The largest absolute Gasteiger partial charge is 0.483 e. The number of hydrogen-bond acceptors (Lipinski definition) is 4. The van der Waals surface area contributed by atoms with E-state index >= 15 is 0 Å². The molecule has 0 radical (unpaired) electrons. The summed E-state index contributed by atoms with van der Waals surface area (Å²) in [6.07, 6.45) is 9.59. The Morgan fingerprint density at radius 3 is 2.53 bits per heavy atom. The van der Waals surface area contributed by atoms with E-state index in [9.17, 15) is 4.79 Å². The van der Waals surface area contributed by atoms with Crippen molar-refractivity contribution in [1.29, 1.82) is 0 Å².